The number of hydrogen-bond acceptors (Lipinski definition) is 6. The molecule has 2 aliphatic rings. The average molecular weight is 472 g/mol. The summed E-state index contributed by atoms with van der Waals surface area (Å²) in [6.07, 6.45) is 4.15. The van der Waals surface area contributed by atoms with E-state index in [0.717, 1.165) is 58.4 Å². The molecule has 9 nitrogen and oxygen atoms in total. The molecule has 2 aromatic heterocycles. The molecule has 180 valence electrons. The summed E-state index contributed by atoms with van der Waals surface area (Å²) in [6.45, 7) is 7.26. The molecule has 9 heteroatoms. The van der Waals surface area contributed by atoms with Crippen LogP contribution in [0.2, 0.25) is 0 Å². The Morgan fingerprint density at radius 2 is 1.97 bits per heavy atom. The summed E-state index contributed by atoms with van der Waals surface area (Å²) in [7, 11) is 0. The number of anilines is 3. The predicted octanol–water partition coefficient (Wildman–Crippen LogP) is 4.79. The van der Waals surface area contributed by atoms with Crippen molar-refractivity contribution in [1.82, 2.24) is 24.4 Å². The zero-order chi connectivity index (χ0) is 23.9. The molecule has 2 N–H and O–H groups in total. The fourth-order valence-electron chi connectivity index (χ4n) is 4.75. The molecular weight excluding hydrogens is 442 g/mol. The second kappa shape index (κ2) is 8.81. The van der Waals surface area contributed by atoms with Crippen LogP contribution in [0.4, 0.5) is 22.1 Å². The molecule has 6 rings (SSSR count). The number of nitrogens with one attached hydrogen (secondary N) is 2. The number of hydrogen-bond donors (Lipinski definition) is 2. The van der Waals surface area contributed by atoms with Crippen LogP contribution < -0.4 is 10.6 Å². The summed E-state index contributed by atoms with van der Waals surface area (Å²) >= 11 is 0. The maximum atomic E-state index is 13.1. The molecule has 1 saturated heterocycles. The molecule has 0 bridgehead atoms. The molecule has 2 amide bonds. The van der Waals surface area contributed by atoms with Crippen molar-refractivity contribution in [3.63, 3.8) is 0 Å². The summed E-state index contributed by atoms with van der Waals surface area (Å²) in [5.74, 6) is 2.11. The number of rotatable bonds is 5. The van der Waals surface area contributed by atoms with Crippen LogP contribution in [0.1, 0.15) is 37.1 Å². The monoisotopic (exact) mass is 471 g/mol. The fourth-order valence-corrected chi connectivity index (χ4v) is 4.75. The van der Waals surface area contributed by atoms with Gasteiger partial charge < -0.3 is 24.8 Å². The number of fused-ring (bicyclic) bond motifs is 2. The number of urea groups is 1. The molecule has 0 unspecified atom stereocenters. The topological polar surface area (TPSA) is 97.2 Å². The van der Waals surface area contributed by atoms with E-state index >= 15 is 0 Å². The highest BCUT2D eigenvalue weighted by atomic mass is 16.5. The van der Waals surface area contributed by atoms with Gasteiger partial charge in [-0.1, -0.05) is 18.2 Å². The summed E-state index contributed by atoms with van der Waals surface area (Å²) in [5, 5.41) is 7.49. The molecule has 35 heavy (non-hydrogen) atoms. The van der Waals surface area contributed by atoms with E-state index < -0.39 is 0 Å². The summed E-state index contributed by atoms with van der Waals surface area (Å²) < 4.78 is 7.66. The molecular formula is C26H29N7O2. The number of aryl methyl sites for hydroxylation is 2. The highest BCUT2D eigenvalue weighted by Crippen LogP contribution is 2.42. The van der Waals surface area contributed by atoms with Crippen molar-refractivity contribution >= 4 is 45.3 Å². The van der Waals surface area contributed by atoms with Gasteiger partial charge in [-0.2, -0.15) is 0 Å². The third kappa shape index (κ3) is 4.16. The van der Waals surface area contributed by atoms with E-state index in [2.05, 4.69) is 33.2 Å². The summed E-state index contributed by atoms with van der Waals surface area (Å²) in [5.41, 5.74) is 5.32. The number of carbonyl (C=O) groups is 1. The molecule has 4 aromatic rings. The van der Waals surface area contributed by atoms with Gasteiger partial charge >= 0.3 is 6.03 Å². The van der Waals surface area contributed by atoms with Crippen LogP contribution >= 0.6 is 0 Å². The SMILES string of the molecule is CCn1c(C2CC2)nc2c(NC(=O)N3CCOCC3)cc(Nc3ncc4cccc(C)c4n3)cc21. The van der Waals surface area contributed by atoms with Gasteiger partial charge in [0.15, 0.2) is 0 Å². The number of morpholine rings is 1. The number of amides is 2. The highest BCUT2D eigenvalue weighted by molar-refractivity contribution is 6.01. The maximum absolute atomic E-state index is 13.1. The predicted molar refractivity (Wildman–Crippen MR) is 136 cm³/mol. The quantitative estimate of drug-likeness (QED) is 0.434. The van der Waals surface area contributed by atoms with E-state index in [1.165, 1.54) is 0 Å². The zero-order valence-corrected chi connectivity index (χ0v) is 20.0. The van der Waals surface area contributed by atoms with E-state index in [1.807, 2.05) is 37.4 Å². The van der Waals surface area contributed by atoms with Gasteiger partial charge in [-0.15, -0.1) is 0 Å². The Bertz CT molecular complexity index is 1420. The molecule has 1 aliphatic carbocycles. The lowest BCUT2D eigenvalue weighted by molar-refractivity contribution is 0.0565. The Morgan fingerprint density at radius 3 is 2.74 bits per heavy atom. The molecule has 0 atom stereocenters. The molecule has 0 spiro atoms. The lowest BCUT2D eigenvalue weighted by atomic mass is 10.1. The van der Waals surface area contributed by atoms with E-state index in [-0.39, 0.29) is 6.03 Å². The minimum Gasteiger partial charge on any atom is -0.378 e. The lowest BCUT2D eigenvalue weighted by Gasteiger charge is -2.27. The van der Waals surface area contributed by atoms with E-state index in [4.69, 9.17) is 14.7 Å². The molecule has 1 aliphatic heterocycles. The zero-order valence-electron chi connectivity index (χ0n) is 20.0. The maximum Gasteiger partial charge on any atom is 0.322 e. The number of benzene rings is 2. The van der Waals surface area contributed by atoms with Gasteiger partial charge in [0.2, 0.25) is 5.95 Å². The van der Waals surface area contributed by atoms with Crippen LogP contribution in [0.3, 0.4) is 0 Å². The van der Waals surface area contributed by atoms with E-state index in [0.29, 0.717) is 43.9 Å². The fraction of sp³-hybridized carbons (Fsp3) is 0.385. The standard InChI is InChI=1S/C26H29N7O2/c1-3-33-21-14-19(28-25-27-15-18-6-4-5-16(2)22(18)31-25)13-20(23(21)30-24(33)17-7-8-17)29-26(34)32-9-11-35-12-10-32/h4-6,13-15,17H,3,7-12H2,1-2H3,(H,29,34)(H,27,28,31). The van der Waals surface area contributed by atoms with Gasteiger partial charge in [0.25, 0.3) is 0 Å². The van der Waals surface area contributed by atoms with E-state index in [1.54, 1.807) is 4.90 Å². The second-order valence-electron chi connectivity index (χ2n) is 9.24. The summed E-state index contributed by atoms with van der Waals surface area (Å²) in [4.78, 5) is 29.1. The van der Waals surface area contributed by atoms with Crippen molar-refractivity contribution in [2.75, 3.05) is 36.9 Å². The second-order valence-corrected chi connectivity index (χ2v) is 9.24. The largest absolute Gasteiger partial charge is 0.378 e. The van der Waals surface area contributed by atoms with E-state index in [9.17, 15) is 4.79 Å². The smallest absolute Gasteiger partial charge is 0.322 e. The van der Waals surface area contributed by atoms with Gasteiger partial charge in [0.05, 0.1) is 29.9 Å². The lowest BCUT2D eigenvalue weighted by Crippen LogP contribution is -2.43. The van der Waals surface area contributed by atoms with Crippen molar-refractivity contribution in [2.45, 2.75) is 39.2 Å². The third-order valence-electron chi connectivity index (χ3n) is 6.75. The van der Waals surface area contributed by atoms with Crippen LogP contribution in [-0.2, 0) is 11.3 Å². The Morgan fingerprint density at radius 1 is 1.14 bits per heavy atom. The highest BCUT2D eigenvalue weighted by Gasteiger charge is 2.30. The van der Waals surface area contributed by atoms with Crippen LogP contribution in [0.15, 0.2) is 36.5 Å². The van der Waals surface area contributed by atoms with Crippen LogP contribution in [-0.4, -0.2) is 56.8 Å². The Kier molecular flexibility index (Phi) is 5.49. The van der Waals surface area contributed by atoms with Gasteiger partial charge in [-0.25, -0.2) is 19.7 Å². The van der Waals surface area contributed by atoms with Gasteiger partial charge in [0, 0.05) is 42.8 Å². The number of imidazole rings is 1. The first-order valence-corrected chi connectivity index (χ1v) is 12.3. The minimum absolute atomic E-state index is 0.136. The Labute approximate surface area is 203 Å². The first kappa shape index (κ1) is 21.8. The number of ether oxygens (including phenoxy) is 1. The van der Waals surface area contributed by atoms with Crippen molar-refractivity contribution in [1.29, 1.82) is 0 Å². The first-order chi connectivity index (χ1) is 17.1. The van der Waals surface area contributed by atoms with Crippen molar-refractivity contribution in [3.05, 3.63) is 47.9 Å². The normalized spacial score (nSPS) is 16.1. The molecule has 3 heterocycles. The molecule has 2 fully saturated rings. The van der Waals surface area contributed by atoms with Crippen LogP contribution in [0.25, 0.3) is 21.9 Å². The number of para-hydroxylation sites is 1. The van der Waals surface area contributed by atoms with Crippen molar-refractivity contribution < 1.29 is 9.53 Å². The van der Waals surface area contributed by atoms with Gasteiger partial charge in [-0.3, -0.25) is 0 Å². The Hall–Kier alpha value is -3.72. The molecule has 0 radical (unpaired) electrons. The summed E-state index contributed by atoms with van der Waals surface area (Å²) in [6, 6.07) is 9.93. The van der Waals surface area contributed by atoms with Gasteiger partial charge in [-0.05, 0) is 44.4 Å². The van der Waals surface area contributed by atoms with Crippen molar-refractivity contribution in [2.24, 2.45) is 0 Å². The van der Waals surface area contributed by atoms with Crippen LogP contribution in [0, 0.1) is 6.92 Å². The van der Waals surface area contributed by atoms with Crippen molar-refractivity contribution in [3.8, 4) is 0 Å². The number of aromatic nitrogens is 4. The van der Waals surface area contributed by atoms with Gasteiger partial charge in [0.1, 0.15) is 11.3 Å². The Balaban J connectivity index is 1.40. The third-order valence-corrected chi connectivity index (χ3v) is 6.75. The minimum atomic E-state index is -0.136. The first-order valence-electron chi connectivity index (χ1n) is 12.3. The molecule has 2 aromatic carbocycles. The number of nitrogens with zero attached hydrogens (tertiary/aromatic N) is 5. The molecule has 1 saturated carbocycles. The average Bonchev–Trinajstić information content (AvgIpc) is 3.65. The van der Waals surface area contributed by atoms with Crippen LogP contribution in [0.5, 0.6) is 0 Å². The number of carbonyl (C=O) groups excluding carboxylic acids is 1.